The molecule has 1 fully saturated rings. The minimum absolute atomic E-state index is 0.0912. The summed E-state index contributed by atoms with van der Waals surface area (Å²) in [6, 6.07) is 15.9. The van der Waals surface area contributed by atoms with Gasteiger partial charge in [0, 0.05) is 18.2 Å². The number of methoxy groups -OCH3 is 2. The number of hydrogen-bond donors (Lipinski definition) is 1. The van der Waals surface area contributed by atoms with Gasteiger partial charge < -0.3 is 24.1 Å². The van der Waals surface area contributed by atoms with Crippen LogP contribution in [-0.2, 0) is 11.2 Å². The van der Waals surface area contributed by atoms with Crippen molar-refractivity contribution in [3.8, 4) is 11.5 Å². The zero-order valence-corrected chi connectivity index (χ0v) is 21.2. The molecule has 2 aromatic carbocycles. The zero-order valence-electron chi connectivity index (χ0n) is 21.2. The number of furan rings is 1. The fourth-order valence-corrected chi connectivity index (χ4v) is 4.95. The van der Waals surface area contributed by atoms with E-state index in [-0.39, 0.29) is 23.6 Å². The van der Waals surface area contributed by atoms with Crippen LogP contribution in [0.1, 0.15) is 59.0 Å². The van der Waals surface area contributed by atoms with Gasteiger partial charge >= 0.3 is 0 Å². The molecule has 7 heteroatoms. The molecule has 0 spiro atoms. The number of amides is 2. The molecule has 0 bridgehead atoms. The van der Waals surface area contributed by atoms with Gasteiger partial charge in [0.15, 0.2) is 17.3 Å². The summed E-state index contributed by atoms with van der Waals surface area (Å²) in [7, 11) is 3.10. The Morgan fingerprint density at radius 2 is 1.81 bits per heavy atom. The number of aryl methyl sites for hydroxylation is 1. The smallest absolute Gasteiger partial charge is 0.290 e. The highest BCUT2D eigenvalue weighted by Gasteiger charge is 2.37. The number of benzene rings is 2. The number of ether oxygens (including phenoxy) is 2. The highest BCUT2D eigenvalue weighted by Crippen LogP contribution is 2.38. The number of carbonyl (C=O) groups excluding carboxylic acids is 2. The van der Waals surface area contributed by atoms with E-state index in [1.807, 2.05) is 43.3 Å². The Labute approximate surface area is 212 Å². The number of para-hydroxylation sites is 1. The van der Waals surface area contributed by atoms with E-state index < -0.39 is 6.04 Å². The Hall–Kier alpha value is -3.74. The lowest BCUT2D eigenvalue weighted by Crippen LogP contribution is -2.47. The molecule has 36 heavy (non-hydrogen) atoms. The van der Waals surface area contributed by atoms with E-state index in [4.69, 9.17) is 13.9 Å². The van der Waals surface area contributed by atoms with Crippen molar-refractivity contribution in [1.29, 1.82) is 0 Å². The second-order valence-corrected chi connectivity index (χ2v) is 9.13. The van der Waals surface area contributed by atoms with Gasteiger partial charge in [-0.2, -0.15) is 0 Å². The Bertz CT molecular complexity index is 1170. The van der Waals surface area contributed by atoms with Crippen LogP contribution in [0.5, 0.6) is 11.5 Å². The summed E-state index contributed by atoms with van der Waals surface area (Å²) < 4.78 is 16.7. The molecule has 4 rings (SSSR count). The molecule has 1 aliphatic carbocycles. The topological polar surface area (TPSA) is 81.0 Å². The van der Waals surface area contributed by atoms with Crippen molar-refractivity contribution < 1.29 is 23.5 Å². The predicted octanol–water partition coefficient (Wildman–Crippen LogP) is 5.09. The third-order valence-electron chi connectivity index (χ3n) is 6.87. The maximum atomic E-state index is 13.9. The van der Waals surface area contributed by atoms with Gasteiger partial charge in [-0.25, -0.2) is 0 Å². The molecule has 0 aliphatic heterocycles. The minimum atomic E-state index is -0.933. The van der Waals surface area contributed by atoms with Crippen molar-refractivity contribution in [2.24, 2.45) is 0 Å². The van der Waals surface area contributed by atoms with Crippen LogP contribution in [-0.4, -0.2) is 43.5 Å². The lowest BCUT2D eigenvalue weighted by Gasteiger charge is -2.33. The largest absolute Gasteiger partial charge is 0.493 e. The van der Waals surface area contributed by atoms with Crippen LogP contribution in [0.4, 0.5) is 0 Å². The van der Waals surface area contributed by atoms with E-state index in [1.165, 1.54) is 6.26 Å². The van der Waals surface area contributed by atoms with Crippen LogP contribution in [0.25, 0.3) is 0 Å². The Morgan fingerprint density at radius 1 is 1.03 bits per heavy atom. The van der Waals surface area contributed by atoms with E-state index in [0.717, 1.165) is 36.8 Å². The van der Waals surface area contributed by atoms with Crippen molar-refractivity contribution in [3.63, 3.8) is 0 Å². The third-order valence-corrected chi connectivity index (χ3v) is 6.87. The van der Waals surface area contributed by atoms with E-state index in [1.54, 1.807) is 37.3 Å². The summed E-state index contributed by atoms with van der Waals surface area (Å²) in [5.74, 6) is 0.515. The first kappa shape index (κ1) is 25.4. The highest BCUT2D eigenvalue weighted by atomic mass is 16.5. The van der Waals surface area contributed by atoms with Gasteiger partial charge in [-0.15, -0.1) is 0 Å². The summed E-state index contributed by atoms with van der Waals surface area (Å²) in [6.07, 6.45) is 6.08. The first-order chi connectivity index (χ1) is 17.5. The van der Waals surface area contributed by atoms with Gasteiger partial charge in [-0.05, 0) is 55.5 Å². The Balaban J connectivity index is 1.78. The quantitative estimate of drug-likeness (QED) is 0.428. The second kappa shape index (κ2) is 11.8. The maximum Gasteiger partial charge on any atom is 0.290 e. The number of nitrogens with one attached hydrogen (secondary N) is 1. The standard InChI is InChI=1S/C29H34N2O5/c1-20-10-4-5-11-21(20)17-18-31(29(33)25-16-9-19-36-25)26(28(32)30-22-12-6-7-13-22)23-14-8-15-24(34-2)27(23)35-3/h4-5,8-11,14-16,19,22,26H,6-7,12-13,17-18H2,1-3H3,(H,30,32). The van der Waals surface area contributed by atoms with E-state index in [0.29, 0.717) is 30.0 Å². The summed E-state index contributed by atoms with van der Waals surface area (Å²) in [4.78, 5) is 29.3. The molecular formula is C29H34N2O5. The maximum absolute atomic E-state index is 13.9. The lowest BCUT2D eigenvalue weighted by atomic mass is 9.99. The summed E-state index contributed by atoms with van der Waals surface area (Å²) in [6.45, 7) is 2.36. The minimum Gasteiger partial charge on any atom is -0.493 e. The summed E-state index contributed by atoms with van der Waals surface area (Å²) >= 11 is 0. The molecule has 1 unspecified atom stereocenters. The van der Waals surface area contributed by atoms with Crippen LogP contribution < -0.4 is 14.8 Å². The van der Waals surface area contributed by atoms with E-state index >= 15 is 0 Å². The molecule has 3 aromatic rings. The molecule has 1 aliphatic rings. The Kier molecular flexibility index (Phi) is 8.31. The van der Waals surface area contributed by atoms with Gasteiger partial charge in [0.05, 0.1) is 20.5 Å². The molecule has 1 atom stereocenters. The fraction of sp³-hybridized carbons (Fsp3) is 0.379. The molecule has 0 saturated heterocycles. The van der Waals surface area contributed by atoms with Crippen LogP contribution in [0.2, 0.25) is 0 Å². The predicted molar refractivity (Wildman–Crippen MR) is 137 cm³/mol. The van der Waals surface area contributed by atoms with Crippen molar-refractivity contribution >= 4 is 11.8 Å². The van der Waals surface area contributed by atoms with Gasteiger partial charge in [0.1, 0.15) is 6.04 Å². The molecule has 1 N–H and O–H groups in total. The molecule has 0 radical (unpaired) electrons. The normalized spacial score (nSPS) is 14.3. The number of rotatable bonds is 10. The van der Waals surface area contributed by atoms with Crippen molar-refractivity contribution in [2.75, 3.05) is 20.8 Å². The average molecular weight is 491 g/mol. The first-order valence-corrected chi connectivity index (χ1v) is 12.4. The van der Waals surface area contributed by atoms with Crippen molar-refractivity contribution in [3.05, 3.63) is 83.3 Å². The monoisotopic (exact) mass is 490 g/mol. The highest BCUT2D eigenvalue weighted by molar-refractivity contribution is 5.96. The first-order valence-electron chi connectivity index (χ1n) is 12.4. The number of nitrogens with zero attached hydrogens (tertiary/aromatic N) is 1. The van der Waals surface area contributed by atoms with Crippen LogP contribution in [0.15, 0.2) is 65.3 Å². The van der Waals surface area contributed by atoms with E-state index in [2.05, 4.69) is 5.32 Å². The van der Waals surface area contributed by atoms with Crippen LogP contribution in [0, 0.1) is 6.92 Å². The molecule has 190 valence electrons. The fourth-order valence-electron chi connectivity index (χ4n) is 4.95. The van der Waals surface area contributed by atoms with Gasteiger partial charge in [0.2, 0.25) is 5.91 Å². The van der Waals surface area contributed by atoms with Crippen molar-refractivity contribution in [1.82, 2.24) is 10.2 Å². The van der Waals surface area contributed by atoms with Gasteiger partial charge in [0.25, 0.3) is 5.91 Å². The number of carbonyl (C=O) groups is 2. The molecule has 1 aromatic heterocycles. The van der Waals surface area contributed by atoms with Gasteiger partial charge in [-0.1, -0.05) is 49.2 Å². The molecular weight excluding hydrogens is 456 g/mol. The Morgan fingerprint density at radius 3 is 2.47 bits per heavy atom. The SMILES string of the molecule is COc1cccc(C(C(=O)NC2CCCC2)N(CCc2ccccc2C)C(=O)c2ccco2)c1OC. The molecule has 1 heterocycles. The molecule has 1 saturated carbocycles. The third kappa shape index (κ3) is 5.56. The van der Waals surface area contributed by atoms with Crippen LogP contribution in [0.3, 0.4) is 0 Å². The van der Waals surface area contributed by atoms with Crippen LogP contribution >= 0.6 is 0 Å². The lowest BCUT2D eigenvalue weighted by molar-refractivity contribution is -0.126. The summed E-state index contributed by atoms with van der Waals surface area (Å²) in [5, 5.41) is 3.20. The van der Waals surface area contributed by atoms with Gasteiger partial charge in [-0.3, -0.25) is 9.59 Å². The number of hydrogen-bond acceptors (Lipinski definition) is 5. The van der Waals surface area contributed by atoms with E-state index in [9.17, 15) is 9.59 Å². The second-order valence-electron chi connectivity index (χ2n) is 9.13. The summed E-state index contributed by atoms with van der Waals surface area (Å²) in [5.41, 5.74) is 2.81. The van der Waals surface area contributed by atoms with Crippen molar-refractivity contribution in [2.45, 2.75) is 51.1 Å². The molecule has 2 amide bonds. The molecule has 7 nitrogen and oxygen atoms in total. The average Bonchev–Trinajstić information content (AvgIpc) is 3.61. The zero-order chi connectivity index (χ0) is 25.5.